The highest BCUT2D eigenvalue weighted by Gasteiger charge is 2.17. The predicted molar refractivity (Wildman–Crippen MR) is 112 cm³/mol. The SMILES string of the molecule is CCc1ccc(N(CCCC(=O)Nc2ccccc2CC)S(C)(=O)=O)cc1. The van der Waals surface area contributed by atoms with Crippen LogP contribution in [0.15, 0.2) is 48.5 Å². The van der Waals surface area contributed by atoms with Crippen molar-refractivity contribution in [3.63, 3.8) is 0 Å². The van der Waals surface area contributed by atoms with E-state index in [-0.39, 0.29) is 18.9 Å². The Morgan fingerprint density at radius 1 is 1.00 bits per heavy atom. The van der Waals surface area contributed by atoms with Crippen LogP contribution in [0.2, 0.25) is 0 Å². The molecule has 2 aromatic rings. The first-order chi connectivity index (χ1) is 12.8. The summed E-state index contributed by atoms with van der Waals surface area (Å²) in [5, 5.41) is 2.92. The minimum Gasteiger partial charge on any atom is -0.326 e. The first-order valence-corrected chi connectivity index (χ1v) is 11.1. The Kier molecular flexibility index (Phi) is 7.42. The lowest BCUT2D eigenvalue weighted by molar-refractivity contribution is -0.116. The lowest BCUT2D eigenvalue weighted by Gasteiger charge is -2.22. The summed E-state index contributed by atoms with van der Waals surface area (Å²) in [5.74, 6) is -0.106. The van der Waals surface area contributed by atoms with Crippen LogP contribution >= 0.6 is 0 Å². The van der Waals surface area contributed by atoms with E-state index >= 15 is 0 Å². The number of carbonyl (C=O) groups excluding carboxylic acids is 1. The molecule has 0 atom stereocenters. The maximum atomic E-state index is 12.3. The molecule has 0 spiro atoms. The third-order valence-electron chi connectivity index (χ3n) is 4.47. The molecule has 0 radical (unpaired) electrons. The molecule has 1 amide bonds. The van der Waals surface area contributed by atoms with Crippen LogP contribution in [-0.4, -0.2) is 27.1 Å². The third-order valence-corrected chi connectivity index (χ3v) is 5.66. The zero-order valence-corrected chi connectivity index (χ0v) is 17.1. The summed E-state index contributed by atoms with van der Waals surface area (Å²) in [4.78, 5) is 12.3. The molecule has 2 aromatic carbocycles. The maximum absolute atomic E-state index is 12.3. The molecule has 146 valence electrons. The highest BCUT2D eigenvalue weighted by molar-refractivity contribution is 7.92. The Labute approximate surface area is 162 Å². The van der Waals surface area contributed by atoms with Crippen LogP contribution in [0.25, 0.3) is 0 Å². The number of amides is 1. The molecule has 0 fully saturated rings. The second-order valence-corrected chi connectivity index (χ2v) is 8.42. The van der Waals surface area contributed by atoms with Gasteiger partial charge >= 0.3 is 0 Å². The van der Waals surface area contributed by atoms with Crippen LogP contribution in [0.3, 0.4) is 0 Å². The Balaban J connectivity index is 1.98. The van der Waals surface area contributed by atoms with E-state index in [1.807, 2.05) is 55.5 Å². The van der Waals surface area contributed by atoms with Gasteiger partial charge in [0.25, 0.3) is 0 Å². The zero-order valence-electron chi connectivity index (χ0n) is 16.2. The van der Waals surface area contributed by atoms with Gasteiger partial charge in [-0.25, -0.2) is 8.42 Å². The largest absolute Gasteiger partial charge is 0.326 e. The van der Waals surface area contributed by atoms with Gasteiger partial charge in [-0.1, -0.05) is 44.2 Å². The topological polar surface area (TPSA) is 66.5 Å². The molecule has 0 heterocycles. The lowest BCUT2D eigenvalue weighted by atomic mass is 10.1. The van der Waals surface area contributed by atoms with E-state index in [0.29, 0.717) is 12.1 Å². The molecule has 1 N–H and O–H groups in total. The number of benzene rings is 2. The highest BCUT2D eigenvalue weighted by atomic mass is 32.2. The van der Waals surface area contributed by atoms with Crippen molar-refractivity contribution in [2.75, 3.05) is 22.4 Å². The first-order valence-electron chi connectivity index (χ1n) is 9.29. The molecular formula is C21H28N2O3S. The second kappa shape index (κ2) is 9.55. The van der Waals surface area contributed by atoms with Gasteiger partial charge in [0.15, 0.2) is 0 Å². The molecule has 6 heteroatoms. The number of aryl methyl sites for hydroxylation is 2. The van der Waals surface area contributed by atoms with Crippen molar-refractivity contribution in [3.05, 3.63) is 59.7 Å². The van der Waals surface area contributed by atoms with E-state index in [9.17, 15) is 13.2 Å². The number of nitrogens with one attached hydrogen (secondary N) is 1. The Hall–Kier alpha value is -2.34. The van der Waals surface area contributed by atoms with Gasteiger partial charge in [-0.3, -0.25) is 9.10 Å². The number of anilines is 2. The van der Waals surface area contributed by atoms with E-state index in [4.69, 9.17) is 0 Å². The van der Waals surface area contributed by atoms with Crippen molar-refractivity contribution in [1.29, 1.82) is 0 Å². The van der Waals surface area contributed by atoms with Gasteiger partial charge in [0.2, 0.25) is 15.9 Å². The van der Waals surface area contributed by atoms with E-state index in [0.717, 1.165) is 29.7 Å². The van der Waals surface area contributed by atoms with Crippen molar-refractivity contribution < 1.29 is 13.2 Å². The van der Waals surface area contributed by atoms with Gasteiger partial charge in [-0.05, 0) is 48.6 Å². The summed E-state index contributed by atoms with van der Waals surface area (Å²) in [6, 6.07) is 15.2. The smallest absolute Gasteiger partial charge is 0.232 e. The summed E-state index contributed by atoms with van der Waals surface area (Å²) in [6.45, 7) is 4.37. The number of nitrogens with zero attached hydrogens (tertiary/aromatic N) is 1. The van der Waals surface area contributed by atoms with Gasteiger partial charge in [0, 0.05) is 18.7 Å². The summed E-state index contributed by atoms with van der Waals surface area (Å²) in [6.07, 6.45) is 3.64. The fourth-order valence-electron chi connectivity index (χ4n) is 2.93. The van der Waals surface area contributed by atoms with Gasteiger partial charge < -0.3 is 5.32 Å². The van der Waals surface area contributed by atoms with Crippen molar-refractivity contribution in [3.8, 4) is 0 Å². The van der Waals surface area contributed by atoms with Crippen LogP contribution < -0.4 is 9.62 Å². The van der Waals surface area contributed by atoms with Gasteiger partial charge in [0.1, 0.15) is 0 Å². The summed E-state index contributed by atoms with van der Waals surface area (Å²) in [7, 11) is -3.40. The number of para-hydroxylation sites is 1. The molecule has 0 aliphatic carbocycles. The van der Waals surface area contributed by atoms with E-state index < -0.39 is 10.0 Å². The van der Waals surface area contributed by atoms with Crippen molar-refractivity contribution in [2.24, 2.45) is 0 Å². The highest BCUT2D eigenvalue weighted by Crippen LogP contribution is 2.20. The minimum absolute atomic E-state index is 0.106. The molecular weight excluding hydrogens is 360 g/mol. The molecule has 0 aliphatic rings. The van der Waals surface area contributed by atoms with Crippen molar-refractivity contribution >= 4 is 27.3 Å². The van der Waals surface area contributed by atoms with Crippen LogP contribution in [-0.2, 0) is 27.7 Å². The minimum atomic E-state index is -3.40. The van der Waals surface area contributed by atoms with Crippen molar-refractivity contribution in [2.45, 2.75) is 39.5 Å². The summed E-state index contributed by atoms with van der Waals surface area (Å²) >= 11 is 0. The summed E-state index contributed by atoms with van der Waals surface area (Å²) in [5.41, 5.74) is 3.69. The monoisotopic (exact) mass is 388 g/mol. The summed E-state index contributed by atoms with van der Waals surface area (Å²) < 4.78 is 25.7. The number of hydrogen-bond donors (Lipinski definition) is 1. The zero-order chi connectivity index (χ0) is 19.9. The maximum Gasteiger partial charge on any atom is 0.232 e. The number of sulfonamides is 1. The Morgan fingerprint density at radius 3 is 2.26 bits per heavy atom. The Bertz CT molecular complexity index is 861. The average molecular weight is 389 g/mol. The molecule has 0 saturated heterocycles. The lowest BCUT2D eigenvalue weighted by Crippen LogP contribution is -2.31. The van der Waals surface area contributed by atoms with E-state index in [2.05, 4.69) is 12.2 Å². The van der Waals surface area contributed by atoms with Gasteiger partial charge in [0.05, 0.1) is 11.9 Å². The van der Waals surface area contributed by atoms with E-state index in [1.54, 1.807) is 0 Å². The number of carbonyl (C=O) groups is 1. The first kappa shape index (κ1) is 21.0. The number of rotatable bonds is 9. The fourth-order valence-corrected chi connectivity index (χ4v) is 3.90. The van der Waals surface area contributed by atoms with Crippen LogP contribution in [0.5, 0.6) is 0 Å². The van der Waals surface area contributed by atoms with E-state index in [1.165, 1.54) is 10.6 Å². The standard InChI is InChI=1S/C21H28N2O3S/c1-4-17-12-14-19(15-13-17)23(27(3,25)26)16-8-11-21(24)22-20-10-7-6-9-18(20)5-2/h6-7,9-10,12-15H,4-5,8,11,16H2,1-3H3,(H,22,24). The van der Waals surface area contributed by atoms with Crippen LogP contribution in [0.1, 0.15) is 37.8 Å². The average Bonchev–Trinajstić information content (AvgIpc) is 2.65. The van der Waals surface area contributed by atoms with Gasteiger partial charge in [-0.2, -0.15) is 0 Å². The van der Waals surface area contributed by atoms with Crippen LogP contribution in [0.4, 0.5) is 11.4 Å². The third kappa shape index (κ3) is 6.10. The van der Waals surface area contributed by atoms with Crippen LogP contribution in [0, 0.1) is 0 Å². The normalized spacial score (nSPS) is 11.2. The molecule has 0 aliphatic heterocycles. The second-order valence-electron chi connectivity index (χ2n) is 6.52. The molecule has 0 aromatic heterocycles. The molecule has 5 nitrogen and oxygen atoms in total. The Morgan fingerprint density at radius 2 is 1.67 bits per heavy atom. The molecule has 0 unspecified atom stereocenters. The molecule has 0 bridgehead atoms. The van der Waals surface area contributed by atoms with Crippen molar-refractivity contribution in [1.82, 2.24) is 0 Å². The predicted octanol–water partition coefficient (Wildman–Crippen LogP) is 4.00. The quantitative estimate of drug-likeness (QED) is 0.706. The molecule has 2 rings (SSSR count). The fraction of sp³-hybridized carbons (Fsp3) is 0.381. The molecule has 27 heavy (non-hydrogen) atoms. The number of hydrogen-bond acceptors (Lipinski definition) is 3. The van der Waals surface area contributed by atoms with Gasteiger partial charge in [-0.15, -0.1) is 0 Å². The molecule has 0 saturated carbocycles.